The Morgan fingerprint density at radius 2 is 2.19 bits per heavy atom. The number of halogens is 1. The summed E-state index contributed by atoms with van der Waals surface area (Å²) in [6.07, 6.45) is 2.43. The first-order chi connectivity index (χ1) is 13.2. The Hall–Kier alpha value is -2.94. The third kappa shape index (κ3) is 3.25. The van der Waals surface area contributed by atoms with Crippen LogP contribution in [-0.2, 0) is 11.3 Å². The molecule has 0 bridgehead atoms. The molecule has 0 amide bonds. The number of nitrogens with one attached hydrogen (secondary N) is 1. The highest BCUT2D eigenvalue weighted by Gasteiger charge is 2.22. The van der Waals surface area contributed by atoms with E-state index in [4.69, 9.17) is 14.2 Å². The summed E-state index contributed by atoms with van der Waals surface area (Å²) in [5, 5.41) is 3.13. The fourth-order valence-electron chi connectivity index (χ4n) is 3.28. The molecule has 4 rings (SSSR count). The van der Waals surface area contributed by atoms with Crippen LogP contribution in [0.1, 0.15) is 24.6 Å². The van der Waals surface area contributed by atoms with Gasteiger partial charge >= 0.3 is 6.08 Å². The molecule has 1 atom stereocenters. The van der Waals surface area contributed by atoms with Crippen molar-refractivity contribution in [3.05, 3.63) is 36.2 Å². The quantitative estimate of drug-likeness (QED) is 0.665. The fourth-order valence-corrected chi connectivity index (χ4v) is 3.28. The van der Waals surface area contributed by atoms with Crippen LogP contribution in [0.15, 0.2) is 24.5 Å². The lowest BCUT2D eigenvalue weighted by atomic mass is 10.2. The molecule has 8 nitrogen and oxygen atoms in total. The van der Waals surface area contributed by atoms with Crippen molar-refractivity contribution >= 4 is 17.0 Å². The Morgan fingerprint density at radius 1 is 1.30 bits per heavy atom. The Balaban J connectivity index is 1.65. The number of anilines is 1. The van der Waals surface area contributed by atoms with Gasteiger partial charge in [0.15, 0.2) is 28.5 Å². The SMILES string of the molecule is COc1cccc(CNc2nc(F)nc3c2ncn3C2CCCO2)c1OC. The Kier molecular flexibility index (Phi) is 4.76. The molecule has 1 aromatic carbocycles. The number of fused-ring (bicyclic) bond motifs is 1. The van der Waals surface area contributed by atoms with Crippen LogP contribution in [0.3, 0.4) is 0 Å². The summed E-state index contributed by atoms with van der Waals surface area (Å²) in [6.45, 7) is 1.04. The van der Waals surface area contributed by atoms with Gasteiger partial charge in [-0.15, -0.1) is 0 Å². The van der Waals surface area contributed by atoms with E-state index in [0.717, 1.165) is 18.4 Å². The highest BCUT2D eigenvalue weighted by Crippen LogP contribution is 2.32. The third-order valence-corrected chi connectivity index (χ3v) is 4.54. The van der Waals surface area contributed by atoms with Gasteiger partial charge < -0.3 is 19.5 Å². The molecule has 27 heavy (non-hydrogen) atoms. The predicted octanol–water partition coefficient (Wildman–Crippen LogP) is 2.90. The molecule has 3 aromatic rings. The van der Waals surface area contributed by atoms with E-state index in [1.807, 2.05) is 18.2 Å². The second kappa shape index (κ2) is 7.36. The zero-order chi connectivity index (χ0) is 18.8. The second-order valence-corrected chi connectivity index (χ2v) is 6.14. The number of para-hydroxylation sites is 1. The maximum absolute atomic E-state index is 14.0. The molecule has 1 unspecified atom stereocenters. The van der Waals surface area contributed by atoms with Gasteiger partial charge in [-0.3, -0.25) is 4.57 Å². The summed E-state index contributed by atoms with van der Waals surface area (Å²) in [4.78, 5) is 12.2. The number of ether oxygens (including phenoxy) is 3. The molecule has 3 heterocycles. The van der Waals surface area contributed by atoms with Gasteiger partial charge in [-0.1, -0.05) is 12.1 Å². The number of rotatable bonds is 6. The average Bonchev–Trinajstić information content (AvgIpc) is 3.34. The highest BCUT2D eigenvalue weighted by molar-refractivity contribution is 5.82. The summed E-state index contributed by atoms with van der Waals surface area (Å²) in [7, 11) is 3.16. The molecule has 2 aromatic heterocycles. The van der Waals surface area contributed by atoms with Gasteiger partial charge in [0.05, 0.1) is 20.5 Å². The minimum atomic E-state index is -0.817. The molecule has 1 fully saturated rings. The van der Waals surface area contributed by atoms with E-state index in [1.54, 1.807) is 25.1 Å². The molecule has 142 valence electrons. The second-order valence-electron chi connectivity index (χ2n) is 6.14. The van der Waals surface area contributed by atoms with Crippen LogP contribution < -0.4 is 14.8 Å². The molecule has 0 saturated carbocycles. The van der Waals surface area contributed by atoms with Crippen LogP contribution >= 0.6 is 0 Å². The fraction of sp³-hybridized carbons (Fsp3) is 0.389. The lowest BCUT2D eigenvalue weighted by Crippen LogP contribution is -2.09. The number of aromatic nitrogens is 4. The number of imidazole rings is 1. The van der Waals surface area contributed by atoms with Gasteiger partial charge in [-0.25, -0.2) is 4.98 Å². The Morgan fingerprint density at radius 3 is 2.93 bits per heavy atom. The zero-order valence-electron chi connectivity index (χ0n) is 15.1. The van der Waals surface area contributed by atoms with Crippen LogP contribution in [-0.4, -0.2) is 40.3 Å². The summed E-state index contributed by atoms with van der Waals surface area (Å²) in [5.41, 5.74) is 1.76. The van der Waals surface area contributed by atoms with E-state index >= 15 is 0 Å². The van der Waals surface area contributed by atoms with Crippen molar-refractivity contribution in [2.45, 2.75) is 25.6 Å². The molecular formula is C18H20FN5O3. The summed E-state index contributed by atoms with van der Waals surface area (Å²) in [5.74, 6) is 1.56. The first kappa shape index (κ1) is 17.5. The predicted molar refractivity (Wildman–Crippen MR) is 96.4 cm³/mol. The number of hydrogen-bond acceptors (Lipinski definition) is 7. The normalized spacial score (nSPS) is 16.6. The van der Waals surface area contributed by atoms with Gasteiger partial charge in [0, 0.05) is 18.7 Å². The van der Waals surface area contributed by atoms with Crippen LogP contribution in [0.25, 0.3) is 11.2 Å². The van der Waals surface area contributed by atoms with Gasteiger partial charge in [0.1, 0.15) is 6.23 Å². The van der Waals surface area contributed by atoms with Gasteiger partial charge in [0.25, 0.3) is 0 Å². The molecule has 1 N–H and O–H groups in total. The number of methoxy groups -OCH3 is 2. The molecule has 0 aliphatic carbocycles. The van der Waals surface area contributed by atoms with Gasteiger partial charge in [-0.05, 0) is 18.9 Å². The Bertz CT molecular complexity index is 956. The molecule has 0 radical (unpaired) electrons. The summed E-state index contributed by atoms with van der Waals surface area (Å²) in [6, 6.07) is 5.57. The van der Waals surface area contributed by atoms with E-state index in [9.17, 15) is 4.39 Å². The zero-order valence-corrected chi connectivity index (χ0v) is 15.1. The number of hydrogen-bond donors (Lipinski definition) is 1. The van der Waals surface area contributed by atoms with Crippen LogP contribution in [0.5, 0.6) is 11.5 Å². The third-order valence-electron chi connectivity index (χ3n) is 4.54. The van der Waals surface area contributed by atoms with E-state index in [2.05, 4.69) is 20.3 Å². The van der Waals surface area contributed by atoms with Gasteiger partial charge in [-0.2, -0.15) is 14.4 Å². The first-order valence-corrected chi connectivity index (χ1v) is 8.66. The minimum Gasteiger partial charge on any atom is -0.493 e. The highest BCUT2D eigenvalue weighted by atomic mass is 19.1. The summed E-state index contributed by atoms with van der Waals surface area (Å²) >= 11 is 0. The monoisotopic (exact) mass is 373 g/mol. The minimum absolute atomic E-state index is 0.171. The van der Waals surface area contributed by atoms with Crippen molar-refractivity contribution < 1.29 is 18.6 Å². The van der Waals surface area contributed by atoms with Crippen molar-refractivity contribution in [3.63, 3.8) is 0 Å². The molecule has 1 saturated heterocycles. The average molecular weight is 373 g/mol. The maximum atomic E-state index is 14.0. The number of benzene rings is 1. The van der Waals surface area contributed by atoms with Crippen molar-refractivity contribution in [1.82, 2.24) is 19.5 Å². The van der Waals surface area contributed by atoms with Crippen molar-refractivity contribution in [2.75, 3.05) is 26.1 Å². The maximum Gasteiger partial charge on any atom is 0.312 e. The first-order valence-electron chi connectivity index (χ1n) is 8.66. The molecule has 1 aliphatic rings. The van der Waals surface area contributed by atoms with Crippen molar-refractivity contribution in [1.29, 1.82) is 0 Å². The topological polar surface area (TPSA) is 83.3 Å². The largest absolute Gasteiger partial charge is 0.493 e. The standard InChI is InChI=1S/C18H20FN5O3/c1-25-12-6-3-5-11(15(12)26-2)9-20-16-14-17(23-18(19)22-16)24(10-21-14)13-7-4-8-27-13/h3,5-6,10,13H,4,7-9H2,1-2H3,(H,20,22,23). The van der Waals surface area contributed by atoms with Crippen molar-refractivity contribution in [2.24, 2.45) is 0 Å². The summed E-state index contributed by atoms with van der Waals surface area (Å²) < 4.78 is 32.2. The van der Waals surface area contributed by atoms with E-state index < -0.39 is 6.08 Å². The lowest BCUT2D eigenvalue weighted by molar-refractivity contribution is 0.0592. The molecule has 0 spiro atoms. The Labute approximate surface area is 155 Å². The lowest BCUT2D eigenvalue weighted by Gasteiger charge is -2.14. The van der Waals surface area contributed by atoms with E-state index in [0.29, 0.717) is 41.6 Å². The van der Waals surface area contributed by atoms with Crippen LogP contribution in [0.4, 0.5) is 10.2 Å². The van der Waals surface area contributed by atoms with Crippen LogP contribution in [0, 0.1) is 6.08 Å². The molecule has 9 heteroatoms. The van der Waals surface area contributed by atoms with E-state index in [1.165, 1.54) is 0 Å². The van der Waals surface area contributed by atoms with Crippen molar-refractivity contribution in [3.8, 4) is 11.5 Å². The number of nitrogens with zero attached hydrogens (tertiary/aromatic N) is 4. The smallest absolute Gasteiger partial charge is 0.312 e. The molecule has 1 aliphatic heterocycles. The van der Waals surface area contributed by atoms with E-state index in [-0.39, 0.29) is 6.23 Å². The van der Waals surface area contributed by atoms with Gasteiger partial charge in [0.2, 0.25) is 0 Å². The molecular weight excluding hydrogens is 353 g/mol. The van der Waals surface area contributed by atoms with Crippen LogP contribution in [0.2, 0.25) is 0 Å².